The molecule has 1 fully saturated rings. The van der Waals surface area contributed by atoms with Crippen LogP contribution >= 0.6 is 0 Å². The molecule has 2 aliphatic rings. The molecule has 1 aromatic heterocycles. The Bertz CT molecular complexity index is 1640. The SMILES string of the molecule is Cc1ccc(S(=O)(=O)N(C)[C@H]2C[C@H]3c4[nH]c5cccc(-c6ccccc6)c5c4CCN3C(=O)[C@H]2[C@H](C)O)cc1. The predicted octanol–water partition coefficient (Wildman–Crippen LogP) is 4.66. The maximum absolute atomic E-state index is 13.9. The molecule has 1 amide bonds. The van der Waals surface area contributed by atoms with E-state index in [2.05, 4.69) is 29.2 Å². The van der Waals surface area contributed by atoms with Gasteiger partial charge in [-0.15, -0.1) is 0 Å². The number of hydrogen-bond acceptors (Lipinski definition) is 4. The van der Waals surface area contributed by atoms with Crippen molar-refractivity contribution < 1.29 is 18.3 Å². The van der Waals surface area contributed by atoms with Gasteiger partial charge in [0.1, 0.15) is 0 Å². The number of aliphatic hydroxyl groups is 1. The largest absolute Gasteiger partial charge is 0.393 e. The lowest BCUT2D eigenvalue weighted by Crippen LogP contribution is -2.59. The average Bonchev–Trinajstić information content (AvgIpc) is 3.32. The minimum absolute atomic E-state index is 0.178. The number of carbonyl (C=O) groups is 1. The molecule has 3 heterocycles. The van der Waals surface area contributed by atoms with Crippen molar-refractivity contribution >= 4 is 26.8 Å². The molecule has 0 radical (unpaired) electrons. The zero-order valence-corrected chi connectivity index (χ0v) is 23.2. The van der Waals surface area contributed by atoms with Gasteiger partial charge in [-0.1, -0.05) is 60.2 Å². The summed E-state index contributed by atoms with van der Waals surface area (Å²) < 4.78 is 28.7. The second-order valence-corrected chi connectivity index (χ2v) is 12.8. The molecule has 39 heavy (non-hydrogen) atoms. The van der Waals surface area contributed by atoms with Crippen LogP contribution in [0.25, 0.3) is 22.0 Å². The van der Waals surface area contributed by atoms with Crippen molar-refractivity contribution in [3.05, 3.63) is 89.6 Å². The van der Waals surface area contributed by atoms with E-state index in [0.717, 1.165) is 33.3 Å². The lowest BCUT2D eigenvalue weighted by molar-refractivity contribution is -0.150. The highest BCUT2D eigenvalue weighted by atomic mass is 32.2. The molecule has 8 heteroatoms. The Labute approximate surface area is 229 Å². The number of rotatable bonds is 5. The third kappa shape index (κ3) is 4.18. The van der Waals surface area contributed by atoms with Crippen LogP contribution in [0.2, 0.25) is 0 Å². The van der Waals surface area contributed by atoms with Crippen LogP contribution in [0.4, 0.5) is 0 Å². The normalized spacial score (nSPS) is 22.1. The fourth-order valence-electron chi connectivity index (χ4n) is 6.48. The number of aromatic amines is 1. The molecule has 6 rings (SSSR count). The third-order valence-corrected chi connectivity index (χ3v) is 10.4. The summed E-state index contributed by atoms with van der Waals surface area (Å²) in [6, 6.07) is 22.2. The van der Waals surface area contributed by atoms with Gasteiger partial charge in [-0.2, -0.15) is 4.31 Å². The molecule has 4 aromatic rings. The monoisotopic (exact) mass is 543 g/mol. The van der Waals surface area contributed by atoms with E-state index in [9.17, 15) is 18.3 Å². The number of aliphatic hydroxyl groups excluding tert-OH is 1. The maximum atomic E-state index is 13.9. The van der Waals surface area contributed by atoms with Crippen molar-refractivity contribution in [2.75, 3.05) is 13.6 Å². The molecule has 0 aliphatic carbocycles. The van der Waals surface area contributed by atoms with Crippen LogP contribution < -0.4 is 0 Å². The molecular weight excluding hydrogens is 510 g/mol. The molecular formula is C31H33N3O4S. The van der Waals surface area contributed by atoms with E-state index in [0.29, 0.717) is 19.4 Å². The summed E-state index contributed by atoms with van der Waals surface area (Å²) in [5, 5.41) is 11.9. The lowest BCUT2D eigenvalue weighted by atomic mass is 9.79. The van der Waals surface area contributed by atoms with Crippen LogP contribution in [0.3, 0.4) is 0 Å². The van der Waals surface area contributed by atoms with Crippen molar-refractivity contribution in [2.24, 2.45) is 5.92 Å². The van der Waals surface area contributed by atoms with E-state index in [4.69, 9.17) is 0 Å². The quantitative estimate of drug-likeness (QED) is 0.383. The standard InChI is InChI=1S/C31H33N3O4S/c1-19-12-14-22(15-13-19)39(37,38)33(3)26-18-27-30-24(16-17-34(27)31(36)28(26)20(2)35)29-23(10-7-11-25(29)32-30)21-8-5-4-6-9-21/h4-15,20,26-28,32,35H,16-18H2,1-3H3/t20-,26-,27-,28-/m0/s1. The Morgan fingerprint density at radius 3 is 2.44 bits per heavy atom. The first-order valence-electron chi connectivity index (χ1n) is 13.4. The van der Waals surface area contributed by atoms with E-state index in [1.807, 2.05) is 36.1 Å². The van der Waals surface area contributed by atoms with Crippen molar-refractivity contribution in [3.63, 3.8) is 0 Å². The molecule has 2 aliphatic heterocycles. The highest BCUT2D eigenvalue weighted by Crippen LogP contribution is 2.45. The first-order chi connectivity index (χ1) is 18.7. The molecule has 0 bridgehead atoms. The Kier molecular flexibility index (Phi) is 6.37. The number of aryl methyl sites for hydroxylation is 1. The Balaban J connectivity index is 1.44. The van der Waals surface area contributed by atoms with E-state index in [1.54, 1.807) is 31.2 Å². The van der Waals surface area contributed by atoms with E-state index >= 15 is 0 Å². The summed E-state index contributed by atoms with van der Waals surface area (Å²) in [6.07, 6.45) is 0.0902. The van der Waals surface area contributed by atoms with Crippen molar-refractivity contribution in [1.82, 2.24) is 14.2 Å². The molecule has 0 unspecified atom stereocenters. The molecule has 0 spiro atoms. The number of aromatic nitrogens is 1. The zero-order valence-electron chi connectivity index (χ0n) is 22.3. The number of nitrogens with one attached hydrogen (secondary N) is 1. The number of piperidine rings is 1. The van der Waals surface area contributed by atoms with Gasteiger partial charge in [0.05, 0.1) is 23.0 Å². The van der Waals surface area contributed by atoms with Gasteiger partial charge in [-0.25, -0.2) is 8.42 Å². The predicted molar refractivity (Wildman–Crippen MR) is 152 cm³/mol. The molecule has 0 saturated carbocycles. The summed E-state index contributed by atoms with van der Waals surface area (Å²) in [5.74, 6) is -1.05. The summed E-state index contributed by atoms with van der Waals surface area (Å²) in [7, 11) is -2.36. The molecule has 2 N–H and O–H groups in total. The number of H-pyrrole nitrogens is 1. The number of benzene rings is 3. The molecule has 3 aromatic carbocycles. The Hall–Kier alpha value is -3.46. The van der Waals surface area contributed by atoms with E-state index in [-0.39, 0.29) is 16.8 Å². The van der Waals surface area contributed by atoms with Gasteiger partial charge in [0.2, 0.25) is 15.9 Å². The van der Waals surface area contributed by atoms with Crippen molar-refractivity contribution in [3.8, 4) is 11.1 Å². The highest BCUT2D eigenvalue weighted by Gasteiger charge is 2.50. The van der Waals surface area contributed by atoms with Gasteiger partial charge in [-0.05, 0) is 61.6 Å². The minimum atomic E-state index is -3.89. The van der Waals surface area contributed by atoms with Crippen LogP contribution in [0.5, 0.6) is 0 Å². The van der Waals surface area contributed by atoms with Gasteiger partial charge in [0, 0.05) is 36.2 Å². The van der Waals surface area contributed by atoms with Crippen LogP contribution in [0.1, 0.15) is 36.2 Å². The highest BCUT2D eigenvalue weighted by molar-refractivity contribution is 7.89. The maximum Gasteiger partial charge on any atom is 0.243 e. The zero-order chi connectivity index (χ0) is 27.5. The van der Waals surface area contributed by atoms with Gasteiger partial charge >= 0.3 is 0 Å². The summed E-state index contributed by atoms with van der Waals surface area (Å²) in [5.41, 5.74) is 6.37. The second kappa shape index (κ2) is 9.62. The van der Waals surface area contributed by atoms with Gasteiger partial charge < -0.3 is 15.0 Å². The summed E-state index contributed by atoms with van der Waals surface area (Å²) >= 11 is 0. The number of hydrogen-bond donors (Lipinski definition) is 2. The number of fused-ring (bicyclic) bond motifs is 5. The Morgan fingerprint density at radius 1 is 1.03 bits per heavy atom. The smallest absolute Gasteiger partial charge is 0.243 e. The van der Waals surface area contributed by atoms with E-state index in [1.165, 1.54) is 16.9 Å². The van der Waals surface area contributed by atoms with E-state index < -0.39 is 28.1 Å². The summed E-state index contributed by atoms with van der Waals surface area (Å²) in [6.45, 7) is 4.01. The molecule has 202 valence electrons. The first kappa shape index (κ1) is 25.8. The molecule has 1 saturated heterocycles. The molecule has 4 atom stereocenters. The van der Waals surface area contributed by atoms with Crippen LogP contribution in [0.15, 0.2) is 77.7 Å². The first-order valence-corrected chi connectivity index (χ1v) is 14.8. The minimum Gasteiger partial charge on any atom is -0.393 e. The van der Waals surface area contributed by atoms with Crippen molar-refractivity contribution in [2.45, 2.75) is 49.8 Å². The number of nitrogens with zero attached hydrogens (tertiary/aromatic N) is 2. The number of amides is 1. The number of carbonyl (C=O) groups excluding carboxylic acids is 1. The van der Waals surface area contributed by atoms with Crippen LogP contribution in [-0.4, -0.2) is 59.4 Å². The van der Waals surface area contributed by atoms with Crippen LogP contribution in [-0.2, 0) is 21.2 Å². The third-order valence-electron chi connectivity index (χ3n) is 8.49. The topological polar surface area (TPSA) is 93.7 Å². The van der Waals surface area contributed by atoms with Crippen LogP contribution in [0, 0.1) is 12.8 Å². The van der Waals surface area contributed by atoms with Gasteiger partial charge in [0.25, 0.3) is 0 Å². The fourth-order valence-corrected chi connectivity index (χ4v) is 7.87. The lowest BCUT2D eigenvalue weighted by Gasteiger charge is -2.48. The second-order valence-electron chi connectivity index (χ2n) is 10.8. The fraction of sp³-hybridized carbons (Fsp3) is 0.323. The molecule has 7 nitrogen and oxygen atoms in total. The van der Waals surface area contributed by atoms with Gasteiger partial charge in [-0.3, -0.25) is 4.79 Å². The summed E-state index contributed by atoms with van der Waals surface area (Å²) in [4.78, 5) is 19.5. The van der Waals surface area contributed by atoms with Gasteiger partial charge in [0.15, 0.2) is 0 Å². The average molecular weight is 544 g/mol. The number of sulfonamides is 1. The Morgan fingerprint density at radius 2 is 1.74 bits per heavy atom. The van der Waals surface area contributed by atoms with Crippen molar-refractivity contribution in [1.29, 1.82) is 0 Å².